The summed E-state index contributed by atoms with van der Waals surface area (Å²) in [6, 6.07) is 0.271. The van der Waals surface area contributed by atoms with Crippen LogP contribution in [-0.2, 0) is 9.47 Å². The van der Waals surface area contributed by atoms with Gasteiger partial charge in [0, 0.05) is 25.2 Å². The summed E-state index contributed by atoms with van der Waals surface area (Å²) in [4.78, 5) is 0. The zero-order valence-electron chi connectivity index (χ0n) is 11.4. The van der Waals surface area contributed by atoms with Crippen molar-refractivity contribution in [1.82, 2.24) is 0 Å². The first-order valence-electron chi connectivity index (χ1n) is 7.13. The van der Waals surface area contributed by atoms with E-state index in [1.807, 2.05) is 0 Å². The van der Waals surface area contributed by atoms with Crippen LogP contribution in [0.5, 0.6) is 0 Å². The second-order valence-electron chi connectivity index (χ2n) is 5.10. The Balaban J connectivity index is 2.26. The third-order valence-electron chi connectivity index (χ3n) is 3.47. The number of hydrogen-bond donors (Lipinski definition) is 3. The number of rotatable bonds is 9. The maximum Gasteiger partial charge on any atom is 0.0640 e. The van der Waals surface area contributed by atoms with Crippen molar-refractivity contribution in [3.63, 3.8) is 0 Å². The Kier molecular flexibility index (Phi) is 8.54. The quantitative estimate of drug-likeness (QED) is 0.514. The highest BCUT2D eigenvalue weighted by molar-refractivity contribution is 4.82. The van der Waals surface area contributed by atoms with Gasteiger partial charge in [-0.25, -0.2) is 0 Å². The van der Waals surface area contributed by atoms with Crippen molar-refractivity contribution in [2.45, 2.75) is 44.2 Å². The van der Waals surface area contributed by atoms with Gasteiger partial charge in [-0.2, -0.15) is 0 Å². The Morgan fingerprint density at radius 2 is 1.72 bits per heavy atom. The van der Waals surface area contributed by atoms with Crippen LogP contribution in [0.4, 0.5) is 0 Å². The van der Waals surface area contributed by atoms with Gasteiger partial charge in [0.2, 0.25) is 0 Å². The van der Waals surface area contributed by atoms with Crippen LogP contribution < -0.4 is 17.2 Å². The van der Waals surface area contributed by atoms with Crippen molar-refractivity contribution in [3.05, 3.63) is 0 Å². The summed E-state index contributed by atoms with van der Waals surface area (Å²) in [6.07, 6.45) is 5.17. The van der Waals surface area contributed by atoms with Crippen LogP contribution in [0.3, 0.4) is 0 Å². The molecule has 0 amide bonds. The van der Waals surface area contributed by atoms with Gasteiger partial charge in [0.05, 0.1) is 12.7 Å². The Hall–Kier alpha value is -0.200. The first-order valence-corrected chi connectivity index (χ1v) is 7.13. The molecule has 0 radical (unpaired) electrons. The molecule has 0 aromatic carbocycles. The zero-order chi connectivity index (χ0) is 13.2. The van der Waals surface area contributed by atoms with Gasteiger partial charge < -0.3 is 26.7 Å². The average Bonchev–Trinajstić information content (AvgIpc) is 2.37. The molecule has 108 valence electrons. The minimum Gasteiger partial charge on any atom is -0.381 e. The van der Waals surface area contributed by atoms with Crippen LogP contribution in [0.1, 0.15) is 32.1 Å². The van der Waals surface area contributed by atoms with Gasteiger partial charge >= 0.3 is 0 Å². The van der Waals surface area contributed by atoms with Gasteiger partial charge in [0.25, 0.3) is 0 Å². The van der Waals surface area contributed by atoms with E-state index in [1.54, 1.807) is 0 Å². The predicted molar refractivity (Wildman–Crippen MR) is 73.2 cm³/mol. The Bertz CT molecular complexity index is 205. The highest BCUT2D eigenvalue weighted by Gasteiger charge is 2.29. The lowest BCUT2D eigenvalue weighted by atomic mass is 9.84. The molecule has 3 atom stereocenters. The molecule has 6 N–H and O–H groups in total. The van der Waals surface area contributed by atoms with Gasteiger partial charge in [-0.3, -0.25) is 0 Å². The van der Waals surface area contributed by atoms with Crippen molar-refractivity contribution in [1.29, 1.82) is 0 Å². The molecule has 5 heteroatoms. The molecule has 0 aliphatic heterocycles. The second kappa shape index (κ2) is 9.69. The minimum atomic E-state index is 0.234. The molecule has 0 aromatic rings. The standard InChI is InChI=1S/C13H29N3O2/c14-5-1-7-17-10-11-3-4-12(16)9-13(11)18-8-2-6-15/h11-13H,1-10,14-16H2. The van der Waals surface area contributed by atoms with Crippen LogP contribution in [0.25, 0.3) is 0 Å². The molecule has 0 bridgehead atoms. The predicted octanol–water partition coefficient (Wildman–Crippen LogP) is 0.213. The zero-order valence-corrected chi connectivity index (χ0v) is 11.4. The largest absolute Gasteiger partial charge is 0.381 e. The van der Waals surface area contributed by atoms with Gasteiger partial charge in [-0.1, -0.05) is 0 Å². The highest BCUT2D eigenvalue weighted by Crippen LogP contribution is 2.26. The van der Waals surface area contributed by atoms with Crippen molar-refractivity contribution in [2.24, 2.45) is 23.1 Å². The van der Waals surface area contributed by atoms with E-state index < -0.39 is 0 Å². The van der Waals surface area contributed by atoms with Crippen LogP contribution in [0, 0.1) is 5.92 Å². The lowest BCUT2D eigenvalue weighted by molar-refractivity contribution is -0.0468. The summed E-state index contributed by atoms with van der Waals surface area (Å²) in [6.45, 7) is 3.60. The fraction of sp³-hybridized carbons (Fsp3) is 1.00. The molecule has 0 saturated heterocycles. The molecule has 1 saturated carbocycles. The lowest BCUT2D eigenvalue weighted by Crippen LogP contribution is -2.40. The number of ether oxygens (including phenoxy) is 2. The lowest BCUT2D eigenvalue weighted by Gasteiger charge is -2.34. The molecule has 1 aliphatic carbocycles. The summed E-state index contributed by atoms with van der Waals surface area (Å²) < 4.78 is 11.6. The minimum absolute atomic E-state index is 0.234. The third-order valence-corrected chi connectivity index (χ3v) is 3.47. The molecule has 3 unspecified atom stereocenters. The molecule has 1 rings (SSSR count). The van der Waals surface area contributed by atoms with E-state index in [-0.39, 0.29) is 12.1 Å². The first kappa shape index (κ1) is 15.9. The van der Waals surface area contributed by atoms with Crippen molar-refractivity contribution >= 4 is 0 Å². The molecule has 5 nitrogen and oxygen atoms in total. The van der Waals surface area contributed by atoms with Gasteiger partial charge in [0.1, 0.15) is 0 Å². The molecule has 1 aliphatic rings. The summed E-state index contributed by atoms with van der Waals surface area (Å²) in [5, 5.41) is 0. The second-order valence-corrected chi connectivity index (χ2v) is 5.10. The average molecular weight is 259 g/mol. The van der Waals surface area contributed by atoms with Crippen LogP contribution in [0.2, 0.25) is 0 Å². The first-order chi connectivity index (χ1) is 8.77. The normalized spacial score (nSPS) is 28.5. The van der Waals surface area contributed by atoms with E-state index in [4.69, 9.17) is 26.7 Å². The van der Waals surface area contributed by atoms with Crippen molar-refractivity contribution in [3.8, 4) is 0 Å². The summed E-state index contributed by atoms with van der Waals surface area (Å²) in [7, 11) is 0. The Labute approximate surface area is 110 Å². The van der Waals surface area contributed by atoms with E-state index in [0.717, 1.165) is 51.9 Å². The fourth-order valence-electron chi connectivity index (χ4n) is 2.36. The van der Waals surface area contributed by atoms with E-state index in [1.165, 1.54) is 0 Å². The Morgan fingerprint density at radius 1 is 1.00 bits per heavy atom. The van der Waals surface area contributed by atoms with Crippen molar-refractivity contribution in [2.75, 3.05) is 32.9 Å². The van der Waals surface area contributed by atoms with E-state index in [2.05, 4.69) is 0 Å². The maximum atomic E-state index is 6.01. The summed E-state index contributed by atoms with van der Waals surface area (Å²) in [5.74, 6) is 0.473. The molecule has 18 heavy (non-hydrogen) atoms. The molecule has 0 heterocycles. The molecule has 0 spiro atoms. The molecular formula is C13H29N3O2. The monoisotopic (exact) mass is 259 g/mol. The van der Waals surface area contributed by atoms with Crippen LogP contribution >= 0.6 is 0 Å². The highest BCUT2D eigenvalue weighted by atomic mass is 16.5. The van der Waals surface area contributed by atoms with E-state index >= 15 is 0 Å². The SMILES string of the molecule is NCCCOCC1CCC(N)CC1OCCCN. The number of nitrogens with two attached hydrogens (primary N) is 3. The molecule has 1 fully saturated rings. The van der Waals surface area contributed by atoms with E-state index in [9.17, 15) is 0 Å². The van der Waals surface area contributed by atoms with Gasteiger partial charge in [-0.05, 0) is 45.2 Å². The third kappa shape index (κ3) is 6.11. The Morgan fingerprint density at radius 3 is 2.44 bits per heavy atom. The van der Waals surface area contributed by atoms with Gasteiger partial charge in [0.15, 0.2) is 0 Å². The van der Waals surface area contributed by atoms with Crippen LogP contribution in [0.15, 0.2) is 0 Å². The van der Waals surface area contributed by atoms with E-state index in [0.29, 0.717) is 19.0 Å². The summed E-state index contributed by atoms with van der Waals surface area (Å²) >= 11 is 0. The summed E-state index contributed by atoms with van der Waals surface area (Å²) in [5.41, 5.74) is 16.9. The topological polar surface area (TPSA) is 96.5 Å². The van der Waals surface area contributed by atoms with Crippen molar-refractivity contribution < 1.29 is 9.47 Å². The molecular weight excluding hydrogens is 230 g/mol. The smallest absolute Gasteiger partial charge is 0.0640 e. The molecule has 0 aromatic heterocycles. The van der Waals surface area contributed by atoms with Crippen LogP contribution in [-0.4, -0.2) is 45.1 Å². The number of hydrogen-bond acceptors (Lipinski definition) is 5. The fourth-order valence-corrected chi connectivity index (χ4v) is 2.36. The van der Waals surface area contributed by atoms with Gasteiger partial charge in [-0.15, -0.1) is 0 Å². The maximum absolute atomic E-state index is 6.01.